The molecule has 1 aromatic heterocycles. The molecule has 1 N–H and O–H groups in total. The fraction of sp³-hybridized carbons (Fsp3) is 0.636. The van der Waals surface area contributed by atoms with Gasteiger partial charge in [-0.3, -0.25) is 9.69 Å². The second-order valence-electron chi connectivity index (χ2n) is 3.88. The van der Waals surface area contributed by atoms with Crippen molar-refractivity contribution in [3.05, 3.63) is 16.6 Å². The number of likely N-dealkylation sites (N-methyl/N-ethyl adjacent to an activating group) is 1. The molecule has 0 spiro atoms. The molecule has 0 aliphatic heterocycles. The number of nitrogens with zero attached hydrogens (tertiary/aromatic N) is 2. The quantitative estimate of drug-likeness (QED) is 0.831. The van der Waals surface area contributed by atoms with E-state index in [4.69, 9.17) is 0 Å². The van der Waals surface area contributed by atoms with Gasteiger partial charge in [0.15, 0.2) is 0 Å². The minimum Gasteiger partial charge on any atom is -0.480 e. The Morgan fingerprint density at radius 2 is 2.19 bits per heavy atom. The number of hydrogen-bond donors (Lipinski definition) is 1. The van der Waals surface area contributed by atoms with Crippen molar-refractivity contribution in [3.63, 3.8) is 0 Å². The zero-order chi connectivity index (χ0) is 12.2. The van der Waals surface area contributed by atoms with E-state index in [9.17, 15) is 9.90 Å². The van der Waals surface area contributed by atoms with Gasteiger partial charge in [-0.2, -0.15) is 0 Å². The van der Waals surface area contributed by atoms with Gasteiger partial charge in [-0.05, 0) is 19.9 Å². The van der Waals surface area contributed by atoms with Crippen LogP contribution in [-0.2, 0) is 11.3 Å². The standard InChI is InChI=1S/C11H18N2O2S/c1-4-11(5-2,10(14)15)13(3)6-9-7-16-8-12-9/h7-8H,4-6H2,1-3H3,(H,14,15). The van der Waals surface area contributed by atoms with Crippen molar-refractivity contribution in [1.82, 2.24) is 9.88 Å². The molecule has 4 nitrogen and oxygen atoms in total. The first-order valence-corrected chi connectivity index (χ1v) is 6.32. The summed E-state index contributed by atoms with van der Waals surface area (Å²) in [6.07, 6.45) is 1.19. The highest BCUT2D eigenvalue weighted by atomic mass is 32.1. The predicted molar refractivity (Wildman–Crippen MR) is 64.5 cm³/mol. The second kappa shape index (κ2) is 5.41. The summed E-state index contributed by atoms with van der Waals surface area (Å²) in [5, 5.41) is 11.3. The monoisotopic (exact) mass is 242 g/mol. The zero-order valence-corrected chi connectivity index (χ0v) is 10.8. The molecule has 90 valence electrons. The number of carboxylic acids is 1. The van der Waals surface area contributed by atoms with E-state index >= 15 is 0 Å². The molecule has 1 heterocycles. The van der Waals surface area contributed by atoms with Crippen molar-refractivity contribution >= 4 is 17.3 Å². The van der Waals surface area contributed by atoms with E-state index in [-0.39, 0.29) is 0 Å². The Balaban J connectivity index is 2.83. The fourth-order valence-electron chi connectivity index (χ4n) is 1.97. The summed E-state index contributed by atoms with van der Waals surface area (Å²) < 4.78 is 0. The van der Waals surface area contributed by atoms with Gasteiger partial charge in [-0.15, -0.1) is 11.3 Å². The average molecular weight is 242 g/mol. The van der Waals surface area contributed by atoms with Crippen molar-refractivity contribution in [3.8, 4) is 0 Å². The summed E-state index contributed by atoms with van der Waals surface area (Å²) in [5.41, 5.74) is 1.92. The largest absolute Gasteiger partial charge is 0.480 e. The molecule has 1 rings (SSSR count). The maximum atomic E-state index is 11.4. The first kappa shape index (κ1) is 13.1. The van der Waals surface area contributed by atoms with Crippen LogP contribution in [0.2, 0.25) is 0 Å². The lowest BCUT2D eigenvalue weighted by atomic mass is 9.91. The Morgan fingerprint density at radius 3 is 2.56 bits per heavy atom. The third kappa shape index (κ3) is 2.41. The van der Waals surface area contributed by atoms with Crippen molar-refractivity contribution in [2.24, 2.45) is 0 Å². The second-order valence-corrected chi connectivity index (χ2v) is 4.60. The Hall–Kier alpha value is -0.940. The van der Waals surface area contributed by atoms with Crippen LogP contribution in [0, 0.1) is 0 Å². The molecule has 0 aromatic carbocycles. The van der Waals surface area contributed by atoms with Crippen LogP contribution in [0.4, 0.5) is 0 Å². The van der Waals surface area contributed by atoms with Crippen molar-refractivity contribution in [2.45, 2.75) is 38.8 Å². The summed E-state index contributed by atoms with van der Waals surface area (Å²) in [6.45, 7) is 4.40. The molecule has 0 fully saturated rings. The van der Waals surface area contributed by atoms with Crippen LogP contribution in [0.3, 0.4) is 0 Å². The molecule has 0 atom stereocenters. The Labute approximate surface area is 99.9 Å². The van der Waals surface area contributed by atoms with Crippen molar-refractivity contribution in [1.29, 1.82) is 0 Å². The molecule has 1 aromatic rings. The summed E-state index contributed by atoms with van der Waals surface area (Å²) in [6, 6.07) is 0. The van der Waals surface area contributed by atoms with Gasteiger partial charge < -0.3 is 5.11 Å². The van der Waals surface area contributed by atoms with Crippen LogP contribution in [0.15, 0.2) is 10.9 Å². The van der Waals surface area contributed by atoms with Gasteiger partial charge in [0.25, 0.3) is 0 Å². The third-order valence-corrected chi connectivity index (χ3v) is 3.82. The number of aliphatic carboxylic acids is 1. The summed E-state index contributed by atoms with van der Waals surface area (Å²) >= 11 is 1.53. The van der Waals surface area contributed by atoms with Crippen LogP contribution in [-0.4, -0.2) is 33.5 Å². The van der Waals surface area contributed by atoms with E-state index in [0.717, 1.165) is 5.69 Å². The number of carbonyl (C=O) groups is 1. The zero-order valence-electron chi connectivity index (χ0n) is 9.93. The fourth-order valence-corrected chi connectivity index (χ4v) is 2.52. The highest BCUT2D eigenvalue weighted by Crippen LogP contribution is 2.24. The van der Waals surface area contributed by atoms with Crippen LogP contribution >= 0.6 is 11.3 Å². The topological polar surface area (TPSA) is 53.4 Å². The molecule has 0 aliphatic carbocycles. The van der Waals surface area contributed by atoms with E-state index < -0.39 is 11.5 Å². The summed E-state index contributed by atoms with van der Waals surface area (Å²) in [5.74, 6) is -0.754. The van der Waals surface area contributed by atoms with Gasteiger partial charge in [0.05, 0.1) is 11.2 Å². The number of aromatic nitrogens is 1. The van der Waals surface area contributed by atoms with E-state index in [1.807, 2.05) is 31.2 Å². The number of carboxylic acid groups (broad SMARTS) is 1. The average Bonchev–Trinajstić information content (AvgIpc) is 2.72. The highest BCUT2D eigenvalue weighted by Gasteiger charge is 2.39. The molecule has 0 radical (unpaired) electrons. The van der Waals surface area contributed by atoms with Crippen LogP contribution in [0.25, 0.3) is 0 Å². The number of thiazole rings is 1. The number of hydrogen-bond acceptors (Lipinski definition) is 4. The Bertz CT molecular complexity index is 334. The van der Waals surface area contributed by atoms with E-state index in [1.165, 1.54) is 11.3 Å². The van der Waals surface area contributed by atoms with Gasteiger partial charge in [-0.1, -0.05) is 13.8 Å². The van der Waals surface area contributed by atoms with E-state index in [2.05, 4.69) is 4.98 Å². The molecule has 0 bridgehead atoms. The number of rotatable bonds is 6. The third-order valence-electron chi connectivity index (χ3n) is 3.18. The van der Waals surface area contributed by atoms with E-state index in [1.54, 1.807) is 5.51 Å². The maximum Gasteiger partial charge on any atom is 0.324 e. The van der Waals surface area contributed by atoms with Crippen molar-refractivity contribution < 1.29 is 9.90 Å². The smallest absolute Gasteiger partial charge is 0.324 e. The molecule has 0 aliphatic rings. The lowest BCUT2D eigenvalue weighted by Gasteiger charge is -2.36. The Morgan fingerprint density at radius 1 is 1.56 bits per heavy atom. The molecular weight excluding hydrogens is 224 g/mol. The summed E-state index contributed by atoms with van der Waals surface area (Å²) in [4.78, 5) is 17.5. The minimum atomic E-state index is -0.774. The van der Waals surface area contributed by atoms with Crippen LogP contribution in [0.1, 0.15) is 32.4 Å². The molecule has 0 saturated carbocycles. The van der Waals surface area contributed by atoms with E-state index in [0.29, 0.717) is 19.4 Å². The highest BCUT2D eigenvalue weighted by molar-refractivity contribution is 7.07. The van der Waals surface area contributed by atoms with Gasteiger partial charge >= 0.3 is 5.97 Å². The molecule has 5 heteroatoms. The lowest BCUT2D eigenvalue weighted by molar-refractivity contribution is -0.151. The molecule has 0 amide bonds. The van der Waals surface area contributed by atoms with Crippen LogP contribution < -0.4 is 0 Å². The molecule has 0 saturated heterocycles. The molecule has 16 heavy (non-hydrogen) atoms. The van der Waals surface area contributed by atoms with Crippen LogP contribution in [0.5, 0.6) is 0 Å². The van der Waals surface area contributed by atoms with Crippen molar-refractivity contribution in [2.75, 3.05) is 7.05 Å². The SMILES string of the molecule is CCC(CC)(C(=O)O)N(C)Cc1cscn1. The normalized spacial score (nSPS) is 12.0. The van der Waals surface area contributed by atoms with Gasteiger partial charge in [0, 0.05) is 11.9 Å². The first-order valence-electron chi connectivity index (χ1n) is 5.38. The molecular formula is C11H18N2O2S. The van der Waals surface area contributed by atoms with Gasteiger partial charge in [0.2, 0.25) is 0 Å². The first-order chi connectivity index (χ1) is 7.56. The van der Waals surface area contributed by atoms with Gasteiger partial charge in [-0.25, -0.2) is 4.98 Å². The summed E-state index contributed by atoms with van der Waals surface area (Å²) in [7, 11) is 1.85. The minimum absolute atomic E-state index is 0.581. The van der Waals surface area contributed by atoms with Gasteiger partial charge in [0.1, 0.15) is 5.54 Å². The molecule has 0 unspecified atom stereocenters. The predicted octanol–water partition coefficient (Wildman–Crippen LogP) is 2.22. The lowest BCUT2D eigenvalue weighted by Crippen LogP contribution is -2.51. The Kier molecular flexibility index (Phi) is 4.44. The maximum absolute atomic E-state index is 11.4.